The second-order valence-corrected chi connectivity index (χ2v) is 13.6. The second kappa shape index (κ2) is 14.9. The molecule has 1 heterocycles. The van der Waals surface area contributed by atoms with Gasteiger partial charge in [0.05, 0.1) is 5.52 Å². The van der Waals surface area contributed by atoms with Gasteiger partial charge >= 0.3 is 18.2 Å². The summed E-state index contributed by atoms with van der Waals surface area (Å²) in [5, 5.41) is 6.12. The van der Waals surface area contributed by atoms with Crippen molar-refractivity contribution in [3.8, 4) is 11.1 Å². The fourth-order valence-corrected chi connectivity index (χ4v) is 6.31. The average Bonchev–Trinajstić information content (AvgIpc) is 3.64. The summed E-state index contributed by atoms with van der Waals surface area (Å²) < 4.78 is 18.2. The van der Waals surface area contributed by atoms with Gasteiger partial charge in [-0.15, -0.1) is 0 Å². The molecule has 2 amide bonds. The van der Waals surface area contributed by atoms with E-state index in [0.717, 1.165) is 27.8 Å². The first kappa shape index (κ1) is 34.9. The Morgan fingerprint density at radius 1 is 0.765 bits per heavy atom. The largest absolute Gasteiger partial charge is 0.459 e. The first-order valence-electron chi connectivity index (χ1n) is 16.9. The summed E-state index contributed by atoms with van der Waals surface area (Å²) in [6.45, 7) is 6.95. The SMILES string of the molecule is C[C@H](NC(=O)[C@H](Cc1cn(C(=O)OC(C)(C)C)c2ccccc12)NC(=O)OCC1c2ccccc2-c2ccccc21)C(=O)OCc1ccccc1. The van der Waals surface area contributed by atoms with E-state index in [0.29, 0.717) is 16.5 Å². The molecule has 10 heteroatoms. The van der Waals surface area contributed by atoms with Crippen LogP contribution in [0.3, 0.4) is 0 Å². The van der Waals surface area contributed by atoms with Gasteiger partial charge in [-0.1, -0.05) is 97.1 Å². The topological polar surface area (TPSA) is 125 Å². The molecule has 0 spiro atoms. The molecule has 0 saturated heterocycles. The van der Waals surface area contributed by atoms with Crippen LogP contribution in [0.4, 0.5) is 9.59 Å². The number of aromatic nitrogens is 1. The monoisotopic (exact) mass is 687 g/mol. The summed E-state index contributed by atoms with van der Waals surface area (Å²) in [6.07, 6.45) is 0.214. The van der Waals surface area contributed by atoms with Crippen LogP contribution >= 0.6 is 0 Å². The highest BCUT2D eigenvalue weighted by Gasteiger charge is 2.31. The van der Waals surface area contributed by atoms with Crippen LogP contribution in [0.15, 0.2) is 109 Å². The third kappa shape index (κ3) is 8.12. The van der Waals surface area contributed by atoms with Gasteiger partial charge in [0.1, 0.15) is 30.9 Å². The fraction of sp³-hybridized carbons (Fsp3) is 0.268. The van der Waals surface area contributed by atoms with E-state index in [2.05, 4.69) is 10.6 Å². The van der Waals surface area contributed by atoms with Crippen LogP contribution in [0.1, 0.15) is 55.9 Å². The molecule has 0 unspecified atom stereocenters. The number of nitrogens with one attached hydrogen (secondary N) is 2. The quantitative estimate of drug-likeness (QED) is 0.118. The predicted octanol–water partition coefficient (Wildman–Crippen LogP) is 7.12. The van der Waals surface area contributed by atoms with Gasteiger partial charge in [-0.05, 0) is 67.1 Å². The third-order valence-electron chi connectivity index (χ3n) is 8.70. The number of carbonyl (C=O) groups excluding carboxylic acids is 4. The van der Waals surface area contributed by atoms with Gasteiger partial charge in [-0.2, -0.15) is 0 Å². The number of esters is 1. The Balaban J connectivity index is 1.21. The van der Waals surface area contributed by atoms with E-state index < -0.39 is 41.7 Å². The lowest BCUT2D eigenvalue weighted by Crippen LogP contribution is -2.52. The molecule has 262 valence electrons. The van der Waals surface area contributed by atoms with E-state index in [1.165, 1.54) is 11.5 Å². The minimum atomic E-state index is -1.18. The normalized spacial score (nSPS) is 13.4. The number of hydrogen-bond acceptors (Lipinski definition) is 7. The van der Waals surface area contributed by atoms with Crippen molar-refractivity contribution < 1.29 is 33.4 Å². The minimum Gasteiger partial charge on any atom is -0.459 e. The highest BCUT2D eigenvalue weighted by Crippen LogP contribution is 2.44. The number of amides is 2. The Morgan fingerprint density at radius 2 is 1.37 bits per heavy atom. The van der Waals surface area contributed by atoms with Crippen molar-refractivity contribution >= 4 is 35.0 Å². The Kier molecular flexibility index (Phi) is 10.2. The van der Waals surface area contributed by atoms with Gasteiger partial charge < -0.3 is 24.8 Å². The number of carbonyl (C=O) groups is 4. The van der Waals surface area contributed by atoms with E-state index in [-0.39, 0.29) is 25.6 Å². The lowest BCUT2D eigenvalue weighted by atomic mass is 9.98. The molecule has 4 aromatic carbocycles. The zero-order valence-corrected chi connectivity index (χ0v) is 29.1. The van der Waals surface area contributed by atoms with Crippen molar-refractivity contribution in [3.63, 3.8) is 0 Å². The van der Waals surface area contributed by atoms with Crippen LogP contribution in [-0.2, 0) is 36.8 Å². The molecule has 1 aliphatic carbocycles. The highest BCUT2D eigenvalue weighted by atomic mass is 16.6. The van der Waals surface area contributed by atoms with E-state index in [9.17, 15) is 19.2 Å². The maximum atomic E-state index is 13.8. The Labute approximate surface area is 296 Å². The summed E-state index contributed by atoms with van der Waals surface area (Å²) in [6, 6.07) is 30.3. The molecule has 0 radical (unpaired) electrons. The van der Waals surface area contributed by atoms with Crippen LogP contribution in [0, 0.1) is 0 Å². The zero-order valence-electron chi connectivity index (χ0n) is 29.1. The van der Waals surface area contributed by atoms with Crippen molar-refractivity contribution in [2.24, 2.45) is 0 Å². The number of alkyl carbamates (subject to hydrolysis) is 1. The van der Waals surface area contributed by atoms with Crippen molar-refractivity contribution in [1.29, 1.82) is 0 Å². The molecule has 1 aliphatic rings. The van der Waals surface area contributed by atoms with Crippen LogP contribution < -0.4 is 10.6 Å². The Hall–Kier alpha value is -5.90. The van der Waals surface area contributed by atoms with Crippen molar-refractivity contribution in [2.75, 3.05) is 6.61 Å². The van der Waals surface area contributed by atoms with Gasteiger partial charge in [0.15, 0.2) is 0 Å². The maximum Gasteiger partial charge on any atom is 0.419 e. The van der Waals surface area contributed by atoms with Gasteiger partial charge in [0.25, 0.3) is 0 Å². The molecule has 0 bridgehead atoms. The van der Waals surface area contributed by atoms with Gasteiger partial charge in [-0.25, -0.2) is 14.4 Å². The van der Waals surface area contributed by atoms with Crippen LogP contribution in [0.25, 0.3) is 22.0 Å². The lowest BCUT2D eigenvalue weighted by molar-refractivity contribution is -0.148. The van der Waals surface area contributed by atoms with Gasteiger partial charge in [0, 0.05) is 23.9 Å². The number of rotatable bonds is 10. The minimum absolute atomic E-state index is 0.0158. The standard InChI is InChI=1S/C41H41N3O7/c1-26(38(46)49-24-27-14-6-5-7-15-27)42-37(45)35(22-28-23-44(40(48)51-41(2,3)4)36-21-13-12-16-29(28)36)43-39(47)50-25-34-32-19-10-8-17-30(32)31-18-9-11-20-33(31)34/h5-21,23,26,34-35H,22,24-25H2,1-4H3,(H,42,45)(H,43,47)/t26-,35-/m0/s1. The molecule has 0 fully saturated rings. The number of fused-ring (bicyclic) bond motifs is 4. The molecule has 2 atom stereocenters. The fourth-order valence-electron chi connectivity index (χ4n) is 6.31. The predicted molar refractivity (Wildman–Crippen MR) is 193 cm³/mol. The van der Waals surface area contributed by atoms with Crippen molar-refractivity contribution in [3.05, 3.63) is 132 Å². The van der Waals surface area contributed by atoms with E-state index in [1.54, 1.807) is 39.1 Å². The molecule has 1 aromatic heterocycles. The highest BCUT2D eigenvalue weighted by molar-refractivity contribution is 5.94. The Morgan fingerprint density at radius 3 is 2.04 bits per heavy atom. The molecule has 0 aliphatic heterocycles. The molecule has 2 N–H and O–H groups in total. The summed E-state index contributed by atoms with van der Waals surface area (Å²) in [4.78, 5) is 53.3. The summed E-state index contributed by atoms with van der Waals surface area (Å²) in [5.74, 6) is -1.43. The first-order chi connectivity index (χ1) is 24.5. The van der Waals surface area contributed by atoms with Crippen LogP contribution in [-0.4, -0.2) is 52.9 Å². The Bertz CT molecular complexity index is 2020. The van der Waals surface area contributed by atoms with E-state index in [4.69, 9.17) is 14.2 Å². The van der Waals surface area contributed by atoms with E-state index in [1.807, 2.05) is 91.0 Å². The summed E-state index contributed by atoms with van der Waals surface area (Å²) in [7, 11) is 0. The molecule has 10 nitrogen and oxygen atoms in total. The summed E-state index contributed by atoms with van der Waals surface area (Å²) in [5.41, 5.74) is 5.55. The number of benzene rings is 4. The average molecular weight is 688 g/mol. The number of hydrogen-bond donors (Lipinski definition) is 2. The third-order valence-corrected chi connectivity index (χ3v) is 8.70. The van der Waals surface area contributed by atoms with Crippen LogP contribution in [0.5, 0.6) is 0 Å². The van der Waals surface area contributed by atoms with E-state index >= 15 is 0 Å². The van der Waals surface area contributed by atoms with Crippen molar-refractivity contribution in [2.45, 2.75) is 64.3 Å². The molecule has 0 saturated carbocycles. The smallest absolute Gasteiger partial charge is 0.419 e. The molecule has 5 aromatic rings. The zero-order chi connectivity index (χ0) is 36.1. The maximum absolute atomic E-state index is 13.8. The second-order valence-electron chi connectivity index (χ2n) is 13.6. The molecule has 51 heavy (non-hydrogen) atoms. The summed E-state index contributed by atoms with van der Waals surface area (Å²) >= 11 is 0. The molecule has 6 rings (SSSR count). The lowest BCUT2D eigenvalue weighted by Gasteiger charge is -2.21. The van der Waals surface area contributed by atoms with Crippen molar-refractivity contribution in [1.82, 2.24) is 15.2 Å². The first-order valence-corrected chi connectivity index (χ1v) is 16.9. The molecular formula is C41H41N3O7. The number of para-hydroxylation sites is 1. The van der Waals surface area contributed by atoms with Crippen LogP contribution in [0.2, 0.25) is 0 Å². The van der Waals surface area contributed by atoms with Gasteiger partial charge in [-0.3, -0.25) is 9.36 Å². The number of nitrogens with zero attached hydrogens (tertiary/aromatic N) is 1. The number of ether oxygens (including phenoxy) is 3. The molecular weight excluding hydrogens is 646 g/mol. The van der Waals surface area contributed by atoms with Gasteiger partial charge in [0.2, 0.25) is 5.91 Å².